The van der Waals surface area contributed by atoms with Gasteiger partial charge in [-0.2, -0.15) is 0 Å². The zero-order valence-corrected chi connectivity index (χ0v) is 5.48. The first-order chi connectivity index (χ1) is 4.47. The maximum atomic E-state index is 3.02. The van der Waals surface area contributed by atoms with Gasteiger partial charge in [-0.15, -0.1) is 0 Å². The molecule has 0 aromatic rings. The van der Waals surface area contributed by atoms with Crippen LogP contribution in [-0.4, -0.2) is 4.31 Å². The molecule has 0 aromatic heterocycles. The molecule has 0 unspecified atom stereocenters. The van der Waals surface area contributed by atoms with Crippen LogP contribution in [0.1, 0.15) is 0 Å². The number of rotatable bonds is 0. The molecule has 0 spiro atoms. The number of fused-ring (bicyclic) bond motifs is 1. The fraction of sp³-hybridized carbons (Fsp3) is 0. The van der Waals surface area contributed by atoms with Gasteiger partial charge in [-0.1, -0.05) is 0 Å². The van der Waals surface area contributed by atoms with Crippen LogP contribution in [0.4, 0.5) is 0 Å². The van der Waals surface area contributed by atoms with Crippen molar-refractivity contribution in [1.82, 2.24) is 9.03 Å². The average Bonchev–Trinajstić information content (AvgIpc) is 2.33. The van der Waals surface area contributed by atoms with Gasteiger partial charge in [0.1, 0.15) is 0 Å². The van der Waals surface area contributed by atoms with Gasteiger partial charge >= 0.3 is 0 Å². The van der Waals surface area contributed by atoms with E-state index in [1.165, 1.54) is 0 Å². The van der Waals surface area contributed by atoms with E-state index in [4.69, 9.17) is 0 Å². The second kappa shape index (κ2) is 1.84. The normalized spacial score (nSPS) is 21.3. The molecule has 0 aliphatic carbocycles. The second-order valence-corrected chi connectivity index (χ2v) is 2.54. The summed E-state index contributed by atoms with van der Waals surface area (Å²) in [4.78, 5) is 0. The molecule has 3 heteroatoms. The van der Waals surface area contributed by atoms with Crippen molar-refractivity contribution in [2.24, 2.45) is 0 Å². The first-order valence-corrected chi connectivity index (χ1v) is 3.42. The molecule has 0 fully saturated rings. The van der Waals surface area contributed by atoms with Gasteiger partial charge in [0, 0.05) is 12.4 Å². The van der Waals surface area contributed by atoms with Crippen LogP contribution >= 0.6 is 12.1 Å². The second-order valence-electron chi connectivity index (χ2n) is 1.73. The summed E-state index contributed by atoms with van der Waals surface area (Å²) in [6, 6.07) is 0. The van der Waals surface area contributed by atoms with Gasteiger partial charge < -0.3 is 4.72 Å². The third-order valence-corrected chi connectivity index (χ3v) is 1.90. The Balaban J connectivity index is 2.33. The van der Waals surface area contributed by atoms with Gasteiger partial charge in [-0.3, -0.25) is 4.31 Å². The van der Waals surface area contributed by atoms with Crippen molar-refractivity contribution in [3.05, 3.63) is 36.3 Å². The number of hydrogen-bond donors (Lipinski definition) is 1. The minimum absolute atomic E-state index is 1.16. The lowest BCUT2D eigenvalue weighted by Gasteiger charge is -2.12. The number of nitrogens with one attached hydrogen (secondary N) is 1. The molecular weight excluding hydrogens is 132 g/mol. The van der Waals surface area contributed by atoms with E-state index in [0.717, 1.165) is 5.70 Å². The number of nitrogens with zero attached hydrogens (tertiary/aromatic N) is 1. The monoisotopic (exact) mass is 137 g/mol. The van der Waals surface area contributed by atoms with Gasteiger partial charge in [0.05, 0.1) is 17.8 Å². The van der Waals surface area contributed by atoms with Crippen LogP contribution in [0.5, 0.6) is 0 Å². The van der Waals surface area contributed by atoms with Crippen LogP contribution in [0.2, 0.25) is 0 Å². The first-order valence-electron chi connectivity index (χ1n) is 2.65. The predicted octanol–water partition coefficient (Wildman–Crippen LogP) is 1.18. The predicted molar refractivity (Wildman–Crippen MR) is 37.6 cm³/mol. The molecule has 9 heavy (non-hydrogen) atoms. The summed E-state index contributed by atoms with van der Waals surface area (Å²) < 4.78 is 5.06. The van der Waals surface area contributed by atoms with Crippen molar-refractivity contribution < 1.29 is 0 Å². The molecular formula is C6H5N2S. The van der Waals surface area contributed by atoms with E-state index in [1.807, 2.05) is 28.9 Å². The number of allylic oxidation sites excluding steroid dienone is 3. The molecule has 1 N–H and O–H groups in total. The van der Waals surface area contributed by atoms with Crippen LogP contribution in [0.25, 0.3) is 0 Å². The zero-order valence-electron chi connectivity index (χ0n) is 4.66. The van der Waals surface area contributed by atoms with Crippen molar-refractivity contribution in [1.29, 1.82) is 0 Å². The highest BCUT2D eigenvalue weighted by Crippen LogP contribution is 2.23. The Morgan fingerprint density at radius 1 is 1.67 bits per heavy atom. The van der Waals surface area contributed by atoms with Crippen molar-refractivity contribution in [2.75, 3.05) is 0 Å². The van der Waals surface area contributed by atoms with E-state index in [9.17, 15) is 0 Å². The van der Waals surface area contributed by atoms with Gasteiger partial charge in [0.15, 0.2) is 0 Å². The minimum Gasteiger partial charge on any atom is -0.316 e. The fourth-order valence-corrected chi connectivity index (χ4v) is 1.35. The molecule has 2 aliphatic rings. The molecule has 45 valence electrons. The van der Waals surface area contributed by atoms with Gasteiger partial charge in [0.25, 0.3) is 0 Å². The highest BCUT2D eigenvalue weighted by Gasteiger charge is 2.11. The topological polar surface area (TPSA) is 15.3 Å². The lowest BCUT2D eigenvalue weighted by atomic mass is 10.3. The summed E-state index contributed by atoms with van der Waals surface area (Å²) >= 11 is 1.56. The molecule has 2 nitrogen and oxygen atoms in total. The van der Waals surface area contributed by atoms with E-state index in [0.29, 0.717) is 0 Å². The van der Waals surface area contributed by atoms with E-state index < -0.39 is 0 Å². The smallest absolute Gasteiger partial charge is 0.0726 e. The molecule has 0 atom stereocenters. The lowest BCUT2D eigenvalue weighted by molar-refractivity contribution is 0.804. The van der Waals surface area contributed by atoms with Gasteiger partial charge in [-0.05, 0) is 18.2 Å². The average molecular weight is 137 g/mol. The Bertz CT molecular complexity index is 202. The largest absolute Gasteiger partial charge is 0.316 e. The lowest BCUT2D eigenvalue weighted by Crippen LogP contribution is -2.03. The fourth-order valence-electron chi connectivity index (χ4n) is 0.726. The van der Waals surface area contributed by atoms with Crippen molar-refractivity contribution in [3.63, 3.8) is 0 Å². The van der Waals surface area contributed by atoms with Crippen LogP contribution < -0.4 is 4.72 Å². The quantitative estimate of drug-likeness (QED) is 0.505. The van der Waals surface area contributed by atoms with Crippen LogP contribution in [0.15, 0.2) is 30.2 Å². The first kappa shape index (κ1) is 4.99. The highest BCUT2D eigenvalue weighted by atomic mass is 32.2. The Morgan fingerprint density at radius 3 is 3.56 bits per heavy atom. The summed E-state index contributed by atoms with van der Waals surface area (Å²) in [5.41, 5.74) is 1.16. The molecule has 0 amide bonds. The summed E-state index contributed by atoms with van der Waals surface area (Å²) in [6.45, 7) is 0. The van der Waals surface area contributed by atoms with E-state index >= 15 is 0 Å². The van der Waals surface area contributed by atoms with Crippen LogP contribution in [0, 0.1) is 6.08 Å². The van der Waals surface area contributed by atoms with Crippen molar-refractivity contribution in [2.45, 2.75) is 0 Å². The summed E-state index contributed by atoms with van der Waals surface area (Å²) in [5.74, 6) is 0. The third-order valence-electron chi connectivity index (χ3n) is 1.15. The summed E-state index contributed by atoms with van der Waals surface area (Å²) in [5, 5.41) is 0. The maximum Gasteiger partial charge on any atom is 0.0726 e. The molecule has 1 radical (unpaired) electrons. The molecule has 0 saturated carbocycles. The van der Waals surface area contributed by atoms with Crippen LogP contribution in [-0.2, 0) is 0 Å². The van der Waals surface area contributed by atoms with E-state index in [-0.39, 0.29) is 0 Å². The van der Waals surface area contributed by atoms with Gasteiger partial charge in [-0.25, -0.2) is 0 Å². The van der Waals surface area contributed by atoms with Crippen molar-refractivity contribution in [3.8, 4) is 0 Å². The summed E-state index contributed by atoms with van der Waals surface area (Å²) in [7, 11) is 0. The maximum absolute atomic E-state index is 3.02. The molecule has 0 bridgehead atoms. The van der Waals surface area contributed by atoms with Crippen molar-refractivity contribution >= 4 is 12.1 Å². The Hall–Kier alpha value is -0.830. The van der Waals surface area contributed by atoms with Crippen LogP contribution in [0.3, 0.4) is 0 Å². The minimum atomic E-state index is 1.16. The molecule has 2 rings (SSSR count). The van der Waals surface area contributed by atoms with Gasteiger partial charge in [0.2, 0.25) is 0 Å². The zero-order chi connectivity index (χ0) is 6.10. The van der Waals surface area contributed by atoms with E-state index in [2.05, 4.69) is 10.8 Å². The Morgan fingerprint density at radius 2 is 2.67 bits per heavy atom. The Kier molecular flexibility index (Phi) is 1.02. The third kappa shape index (κ3) is 0.733. The highest BCUT2D eigenvalue weighted by molar-refractivity contribution is 7.95. The SMILES string of the molecule is [C]1=CC2=CNSN2C=C1. The standard InChI is InChI=1S/C6H5N2S/c1-2-4-8-6(3-1)5-7-9-8/h2-5,7H. The molecule has 2 heterocycles. The molecule has 0 aromatic carbocycles. The Labute approximate surface area is 58.2 Å². The summed E-state index contributed by atoms with van der Waals surface area (Å²) in [6.07, 6.45) is 10.7. The molecule has 2 aliphatic heterocycles. The van der Waals surface area contributed by atoms with E-state index in [1.54, 1.807) is 12.1 Å². The number of hydrogen-bond acceptors (Lipinski definition) is 3. The molecule has 0 saturated heterocycles.